The van der Waals surface area contributed by atoms with Gasteiger partial charge in [-0.2, -0.15) is 5.26 Å². The lowest BCUT2D eigenvalue weighted by Crippen LogP contribution is -2.02. The molecule has 0 heterocycles. The highest BCUT2D eigenvalue weighted by molar-refractivity contribution is 6.32. The maximum absolute atomic E-state index is 10.7. The molecule has 0 aliphatic heterocycles. The lowest BCUT2D eigenvalue weighted by Gasteiger charge is -2.03. The van der Waals surface area contributed by atoms with Crippen molar-refractivity contribution in [2.24, 2.45) is 5.73 Å². The van der Waals surface area contributed by atoms with Crippen LogP contribution in [0.1, 0.15) is 5.56 Å². The van der Waals surface area contributed by atoms with Gasteiger partial charge in [0.15, 0.2) is 0 Å². The minimum atomic E-state index is -0.598. The fraction of sp³-hybridized carbons (Fsp3) is 0. The average Bonchev–Trinajstić information content (AvgIpc) is 2.17. The second kappa shape index (κ2) is 4.44. The summed E-state index contributed by atoms with van der Waals surface area (Å²) in [7, 11) is 0. The quantitative estimate of drug-likeness (QED) is 0.472. The van der Waals surface area contributed by atoms with Crippen molar-refractivity contribution >= 4 is 23.0 Å². The van der Waals surface area contributed by atoms with Crippen LogP contribution in [0.3, 0.4) is 0 Å². The van der Waals surface area contributed by atoms with Crippen molar-refractivity contribution in [2.75, 3.05) is 0 Å². The molecular weight excluding hydrogens is 218 g/mol. The Morgan fingerprint density at radius 3 is 2.87 bits per heavy atom. The number of rotatable bonds is 2. The van der Waals surface area contributed by atoms with Crippen LogP contribution in [-0.2, 0) is 0 Å². The van der Waals surface area contributed by atoms with Crippen molar-refractivity contribution in [3.8, 4) is 6.07 Å². The van der Waals surface area contributed by atoms with E-state index < -0.39 is 4.92 Å². The first-order valence-electron chi connectivity index (χ1n) is 3.86. The predicted molar refractivity (Wildman–Crippen MR) is 55.9 cm³/mol. The Balaban J connectivity index is 3.45. The highest BCUT2D eigenvalue weighted by Crippen LogP contribution is 2.30. The molecule has 76 valence electrons. The molecule has 0 bridgehead atoms. The normalized spacial score (nSPS) is 10.8. The smallest absolute Gasteiger partial charge is 0.280 e. The first kappa shape index (κ1) is 11.0. The van der Waals surface area contributed by atoms with Gasteiger partial charge in [-0.1, -0.05) is 17.7 Å². The zero-order chi connectivity index (χ0) is 11.4. The van der Waals surface area contributed by atoms with Gasteiger partial charge >= 0.3 is 0 Å². The number of hydrogen-bond acceptors (Lipinski definition) is 4. The van der Waals surface area contributed by atoms with E-state index in [0.29, 0.717) is 0 Å². The average molecular weight is 224 g/mol. The van der Waals surface area contributed by atoms with Gasteiger partial charge in [0.2, 0.25) is 0 Å². The number of nitro groups is 1. The topological polar surface area (TPSA) is 93.0 Å². The van der Waals surface area contributed by atoms with Crippen LogP contribution < -0.4 is 5.73 Å². The third kappa shape index (κ3) is 2.24. The zero-order valence-corrected chi connectivity index (χ0v) is 8.23. The lowest BCUT2D eigenvalue weighted by molar-refractivity contribution is -0.385. The molecule has 0 saturated carbocycles. The lowest BCUT2D eigenvalue weighted by atomic mass is 10.1. The van der Waals surface area contributed by atoms with Crippen LogP contribution >= 0.6 is 11.6 Å². The Bertz CT molecular complexity index is 477. The van der Waals surface area contributed by atoms with Crippen molar-refractivity contribution in [1.29, 1.82) is 5.26 Å². The van der Waals surface area contributed by atoms with Gasteiger partial charge in [-0.15, -0.1) is 0 Å². The molecule has 1 rings (SSSR count). The summed E-state index contributed by atoms with van der Waals surface area (Å²) >= 11 is 5.77. The van der Waals surface area contributed by atoms with E-state index in [0.717, 1.165) is 6.08 Å². The van der Waals surface area contributed by atoms with Gasteiger partial charge in [0, 0.05) is 12.1 Å². The molecule has 0 fully saturated rings. The molecule has 6 heteroatoms. The van der Waals surface area contributed by atoms with Crippen LogP contribution in [0.4, 0.5) is 5.69 Å². The van der Waals surface area contributed by atoms with E-state index in [2.05, 4.69) is 0 Å². The Morgan fingerprint density at radius 1 is 1.67 bits per heavy atom. The third-order valence-corrected chi connectivity index (χ3v) is 2.01. The first-order valence-corrected chi connectivity index (χ1v) is 4.24. The summed E-state index contributed by atoms with van der Waals surface area (Å²) in [5, 5.41) is 19.2. The standard InChI is InChI=1S/C9H6ClN3O2/c10-6-2-1-3-8(13(14)15)9(6)7(12)4-5-11/h1-4H,12H2/b7-4+. The van der Waals surface area contributed by atoms with Crippen LogP contribution in [0.5, 0.6) is 0 Å². The Kier molecular flexibility index (Phi) is 3.26. The van der Waals surface area contributed by atoms with Crippen molar-refractivity contribution in [1.82, 2.24) is 0 Å². The highest BCUT2D eigenvalue weighted by atomic mass is 35.5. The Labute approximate surface area is 90.5 Å². The molecule has 0 atom stereocenters. The van der Waals surface area contributed by atoms with Crippen molar-refractivity contribution in [3.63, 3.8) is 0 Å². The second-order valence-electron chi connectivity index (χ2n) is 2.62. The van der Waals surface area contributed by atoms with Crippen molar-refractivity contribution < 1.29 is 4.92 Å². The van der Waals surface area contributed by atoms with Crippen molar-refractivity contribution in [2.45, 2.75) is 0 Å². The summed E-state index contributed by atoms with van der Waals surface area (Å²) in [6.07, 6.45) is 1.01. The summed E-state index contributed by atoms with van der Waals surface area (Å²) in [5.74, 6) is 0. The highest BCUT2D eigenvalue weighted by Gasteiger charge is 2.18. The Morgan fingerprint density at radius 2 is 2.33 bits per heavy atom. The van der Waals surface area contributed by atoms with Gasteiger partial charge in [0.05, 0.1) is 27.3 Å². The largest absolute Gasteiger partial charge is 0.397 e. The molecule has 1 aromatic carbocycles. The molecule has 0 amide bonds. The number of allylic oxidation sites excluding steroid dienone is 1. The number of benzene rings is 1. The second-order valence-corrected chi connectivity index (χ2v) is 3.03. The van der Waals surface area contributed by atoms with Gasteiger partial charge in [-0.05, 0) is 6.07 Å². The van der Waals surface area contributed by atoms with Gasteiger partial charge < -0.3 is 5.73 Å². The van der Waals surface area contributed by atoms with Gasteiger partial charge in [0.1, 0.15) is 0 Å². The van der Waals surface area contributed by atoms with Crippen LogP contribution in [0, 0.1) is 21.4 Å². The minimum Gasteiger partial charge on any atom is -0.397 e. The summed E-state index contributed by atoms with van der Waals surface area (Å²) in [6.45, 7) is 0. The molecule has 0 unspecified atom stereocenters. The SMILES string of the molecule is N#C/C=C(/N)c1c(Cl)cccc1[N+](=O)[O-]. The minimum absolute atomic E-state index is 0.0187. The van der Waals surface area contributed by atoms with Crippen LogP contribution in [-0.4, -0.2) is 4.92 Å². The van der Waals surface area contributed by atoms with E-state index in [4.69, 9.17) is 22.6 Å². The Hall–Kier alpha value is -2.06. The van der Waals surface area contributed by atoms with E-state index in [1.165, 1.54) is 18.2 Å². The third-order valence-electron chi connectivity index (χ3n) is 1.70. The predicted octanol–water partition coefficient (Wildman–Crippen LogP) is 2.07. The van der Waals surface area contributed by atoms with Crippen molar-refractivity contribution in [3.05, 3.63) is 45.0 Å². The fourth-order valence-electron chi connectivity index (χ4n) is 1.09. The van der Waals surface area contributed by atoms with Gasteiger partial charge in [0.25, 0.3) is 5.69 Å². The molecule has 0 spiro atoms. The van der Waals surface area contributed by atoms with E-state index in [-0.39, 0.29) is 22.0 Å². The molecule has 15 heavy (non-hydrogen) atoms. The summed E-state index contributed by atoms with van der Waals surface area (Å²) in [6, 6.07) is 5.89. The maximum atomic E-state index is 10.7. The number of halogens is 1. The molecule has 0 aromatic heterocycles. The van der Waals surface area contributed by atoms with Crippen LogP contribution in [0.25, 0.3) is 5.70 Å². The van der Waals surface area contributed by atoms with E-state index >= 15 is 0 Å². The first-order chi connectivity index (χ1) is 7.07. The van der Waals surface area contributed by atoms with E-state index in [9.17, 15) is 10.1 Å². The number of nitro benzene ring substituents is 1. The zero-order valence-electron chi connectivity index (χ0n) is 7.48. The molecule has 0 saturated heterocycles. The number of nitrogens with two attached hydrogens (primary N) is 1. The molecule has 0 aliphatic carbocycles. The summed E-state index contributed by atoms with van der Waals surface area (Å²) < 4.78 is 0. The number of hydrogen-bond donors (Lipinski definition) is 1. The molecular formula is C9H6ClN3O2. The van der Waals surface area contributed by atoms with Gasteiger partial charge in [-0.25, -0.2) is 0 Å². The summed E-state index contributed by atoms with van der Waals surface area (Å²) in [4.78, 5) is 10.1. The number of nitriles is 1. The van der Waals surface area contributed by atoms with Gasteiger partial charge in [-0.3, -0.25) is 10.1 Å². The molecule has 0 radical (unpaired) electrons. The number of nitrogens with zero attached hydrogens (tertiary/aromatic N) is 2. The van der Waals surface area contributed by atoms with Crippen LogP contribution in [0.2, 0.25) is 5.02 Å². The molecule has 1 aromatic rings. The molecule has 5 nitrogen and oxygen atoms in total. The fourth-order valence-corrected chi connectivity index (χ4v) is 1.37. The van der Waals surface area contributed by atoms with E-state index in [1.54, 1.807) is 6.07 Å². The maximum Gasteiger partial charge on any atom is 0.280 e. The molecule has 2 N–H and O–H groups in total. The van der Waals surface area contributed by atoms with E-state index in [1.807, 2.05) is 0 Å². The summed E-state index contributed by atoms with van der Waals surface area (Å²) in [5.41, 5.74) is 5.33. The monoisotopic (exact) mass is 223 g/mol. The van der Waals surface area contributed by atoms with Crippen LogP contribution in [0.15, 0.2) is 24.3 Å². The molecule has 0 aliphatic rings.